The van der Waals surface area contributed by atoms with Gasteiger partial charge in [0.2, 0.25) is 0 Å². The van der Waals surface area contributed by atoms with Crippen molar-refractivity contribution >= 4 is 50.1 Å². The quantitative estimate of drug-likeness (QED) is 0.519. The second-order valence-corrected chi connectivity index (χ2v) is 9.18. The van der Waals surface area contributed by atoms with Gasteiger partial charge in [-0.1, -0.05) is 22.9 Å². The number of carbonyl (C=O) groups excluding carboxylic acids is 1. The van der Waals surface area contributed by atoms with Gasteiger partial charge in [-0.2, -0.15) is 0 Å². The zero-order valence-corrected chi connectivity index (χ0v) is 18.9. The molecule has 8 nitrogen and oxygen atoms in total. The highest BCUT2D eigenvalue weighted by Gasteiger charge is 2.29. The van der Waals surface area contributed by atoms with Crippen LogP contribution in [0.3, 0.4) is 0 Å². The van der Waals surface area contributed by atoms with Crippen LogP contribution in [-0.4, -0.2) is 69.5 Å². The predicted octanol–water partition coefficient (Wildman–Crippen LogP) is 3.12. The molecule has 0 saturated carbocycles. The molecule has 0 aliphatic carbocycles. The first-order valence-electron chi connectivity index (χ1n) is 10.2. The predicted molar refractivity (Wildman–Crippen MR) is 123 cm³/mol. The Morgan fingerprint density at radius 3 is 2.94 bits per heavy atom. The number of hydrogen-bond acceptors (Lipinski definition) is 7. The van der Waals surface area contributed by atoms with E-state index in [1.807, 2.05) is 11.8 Å². The third kappa shape index (κ3) is 4.93. The number of piperazine rings is 1. The summed E-state index contributed by atoms with van der Waals surface area (Å²) in [6.07, 6.45) is 1.06. The molecule has 3 N–H and O–H groups in total. The number of anilines is 2. The maximum atomic E-state index is 13.4. The Morgan fingerprint density at radius 2 is 2.22 bits per heavy atom. The SMILES string of the molecule is C[C@H]1CN(c2ncc(C[C@H](O)CO)cc2Cl)CCN1C(=O)Nc1nc2ccc(F)cc2s1. The Morgan fingerprint density at radius 1 is 1.41 bits per heavy atom. The van der Waals surface area contributed by atoms with Crippen molar-refractivity contribution in [1.82, 2.24) is 14.9 Å². The van der Waals surface area contributed by atoms with Crippen molar-refractivity contribution in [3.05, 3.63) is 46.9 Å². The van der Waals surface area contributed by atoms with E-state index in [1.54, 1.807) is 23.2 Å². The lowest BCUT2D eigenvalue weighted by atomic mass is 10.1. The molecule has 3 heterocycles. The standard InChI is InChI=1S/C21H23ClFN5O3S/c1-12-10-27(19-16(22)7-13(9-24-19)6-15(30)11-29)4-5-28(12)21(31)26-20-25-17-3-2-14(23)8-18(17)32-20/h2-3,7-9,12,15,29-30H,4-6,10-11H2,1H3,(H,25,26,31)/t12-,15-/m0/s1. The van der Waals surface area contributed by atoms with E-state index in [2.05, 4.69) is 15.3 Å². The molecule has 0 unspecified atom stereocenters. The van der Waals surface area contributed by atoms with Crippen molar-refractivity contribution in [3.8, 4) is 0 Å². The van der Waals surface area contributed by atoms with Crippen molar-refractivity contribution < 1.29 is 19.4 Å². The monoisotopic (exact) mass is 479 g/mol. The van der Waals surface area contributed by atoms with Crippen LogP contribution in [-0.2, 0) is 6.42 Å². The van der Waals surface area contributed by atoms with Crippen molar-refractivity contribution in [2.75, 3.05) is 36.5 Å². The molecule has 32 heavy (non-hydrogen) atoms. The molecule has 2 aromatic heterocycles. The number of carbonyl (C=O) groups is 1. The van der Waals surface area contributed by atoms with Crippen molar-refractivity contribution in [2.45, 2.75) is 25.5 Å². The molecule has 1 aliphatic rings. The molecule has 3 aromatic rings. The highest BCUT2D eigenvalue weighted by Crippen LogP contribution is 2.29. The number of aromatic nitrogens is 2. The first-order chi connectivity index (χ1) is 15.3. The van der Waals surface area contributed by atoms with Gasteiger partial charge in [0.05, 0.1) is 28.0 Å². The van der Waals surface area contributed by atoms with Crippen molar-refractivity contribution in [3.63, 3.8) is 0 Å². The lowest BCUT2D eigenvalue weighted by Gasteiger charge is -2.40. The second-order valence-electron chi connectivity index (χ2n) is 7.74. The molecular weight excluding hydrogens is 457 g/mol. The molecule has 1 aliphatic heterocycles. The van der Waals surface area contributed by atoms with Crippen molar-refractivity contribution in [1.29, 1.82) is 0 Å². The van der Waals surface area contributed by atoms with Gasteiger partial charge in [0.1, 0.15) is 11.6 Å². The first-order valence-corrected chi connectivity index (χ1v) is 11.4. The molecule has 170 valence electrons. The molecule has 1 fully saturated rings. The lowest BCUT2D eigenvalue weighted by Crippen LogP contribution is -2.55. The number of pyridine rings is 1. The van der Waals surface area contributed by atoms with E-state index < -0.39 is 6.10 Å². The van der Waals surface area contributed by atoms with Crippen LogP contribution in [0.4, 0.5) is 20.1 Å². The van der Waals surface area contributed by atoms with Crippen LogP contribution >= 0.6 is 22.9 Å². The number of amides is 2. The summed E-state index contributed by atoms with van der Waals surface area (Å²) in [4.78, 5) is 25.3. The summed E-state index contributed by atoms with van der Waals surface area (Å²) in [5, 5.41) is 22.3. The Balaban J connectivity index is 1.39. The molecule has 2 atom stereocenters. The molecule has 11 heteroatoms. The number of hydrogen-bond donors (Lipinski definition) is 3. The summed E-state index contributed by atoms with van der Waals surface area (Å²) in [6, 6.07) is 5.70. The van der Waals surface area contributed by atoms with Crippen molar-refractivity contribution in [2.24, 2.45) is 0 Å². The van der Waals surface area contributed by atoms with Crippen LogP contribution in [0.15, 0.2) is 30.5 Å². The van der Waals surface area contributed by atoms with Crippen LogP contribution in [0.25, 0.3) is 10.2 Å². The number of nitrogens with zero attached hydrogens (tertiary/aromatic N) is 4. The minimum atomic E-state index is -0.852. The third-order valence-electron chi connectivity index (χ3n) is 5.31. The molecule has 0 radical (unpaired) electrons. The number of fused-ring (bicyclic) bond motifs is 1. The van der Waals surface area contributed by atoms with Gasteiger partial charge < -0.3 is 20.0 Å². The summed E-state index contributed by atoms with van der Waals surface area (Å²) in [5.74, 6) is 0.280. The van der Waals surface area contributed by atoms with Crippen LogP contribution < -0.4 is 10.2 Å². The molecular formula is C21H23ClFN5O3S. The summed E-state index contributed by atoms with van der Waals surface area (Å²) in [7, 11) is 0. The molecule has 1 saturated heterocycles. The van der Waals surface area contributed by atoms with Gasteiger partial charge >= 0.3 is 6.03 Å². The van der Waals surface area contributed by atoms with Gasteiger partial charge in [0.25, 0.3) is 0 Å². The minimum Gasteiger partial charge on any atom is -0.394 e. The van der Waals surface area contributed by atoms with Gasteiger partial charge in [-0.05, 0) is 36.8 Å². The van der Waals surface area contributed by atoms with E-state index in [1.165, 1.54) is 23.5 Å². The number of benzene rings is 1. The lowest BCUT2D eigenvalue weighted by molar-refractivity contribution is 0.0954. The average Bonchev–Trinajstić information content (AvgIpc) is 3.14. The normalized spacial score (nSPS) is 17.6. The van der Waals surface area contributed by atoms with E-state index in [9.17, 15) is 14.3 Å². The van der Waals surface area contributed by atoms with Crippen LogP contribution in [0, 0.1) is 5.82 Å². The topological polar surface area (TPSA) is 102 Å². The van der Waals surface area contributed by atoms with E-state index in [4.69, 9.17) is 16.7 Å². The van der Waals surface area contributed by atoms with Gasteiger partial charge in [-0.25, -0.2) is 19.2 Å². The summed E-state index contributed by atoms with van der Waals surface area (Å²) < 4.78 is 14.1. The Labute approximate surface area is 193 Å². The number of nitrogens with one attached hydrogen (secondary N) is 1. The average molecular weight is 480 g/mol. The summed E-state index contributed by atoms with van der Waals surface area (Å²) in [5.41, 5.74) is 1.38. The molecule has 0 spiro atoms. The fourth-order valence-corrected chi connectivity index (χ4v) is 4.91. The number of thiazole rings is 1. The largest absolute Gasteiger partial charge is 0.394 e. The number of urea groups is 1. The summed E-state index contributed by atoms with van der Waals surface area (Å²) in [6.45, 7) is 3.18. The highest BCUT2D eigenvalue weighted by molar-refractivity contribution is 7.22. The molecule has 0 bridgehead atoms. The van der Waals surface area contributed by atoms with Gasteiger partial charge in [-0.15, -0.1) is 0 Å². The van der Waals surface area contributed by atoms with Crippen LogP contribution in [0.2, 0.25) is 5.02 Å². The molecule has 1 aromatic carbocycles. The third-order valence-corrected chi connectivity index (χ3v) is 6.52. The maximum Gasteiger partial charge on any atom is 0.324 e. The number of aliphatic hydroxyl groups is 2. The minimum absolute atomic E-state index is 0.107. The second kappa shape index (κ2) is 9.53. The Bertz CT molecular complexity index is 1130. The Hall–Kier alpha value is -2.53. The molecule has 2 amide bonds. The zero-order valence-electron chi connectivity index (χ0n) is 17.3. The number of aliphatic hydroxyl groups excluding tert-OH is 2. The van der Waals surface area contributed by atoms with Crippen LogP contribution in [0.5, 0.6) is 0 Å². The van der Waals surface area contributed by atoms with E-state index in [0.29, 0.717) is 45.8 Å². The van der Waals surface area contributed by atoms with Crippen LogP contribution in [0.1, 0.15) is 12.5 Å². The maximum absolute atomic E-state index is 13.4. The fourth-order valence-electron chi connectivity index (χ4n) is 3.72. The van der Waals surface area contributed by atoms with E-state index >= 15 is 0 Å². The fraction of sp³-hybridized carbons (Fsp3) is 0.381. The first kappa shape index (κ1) is 22.7. The number of rotatable bonds is 5. The summed E-state index contributed by atoms with van der Waals surface area (Å²) >= 11 is 7.65. The molecule has 4 rings (SSSR count). The van der Waals surface area contributed by atoms with E-state index in [0.717, 1.165) is 5.56 Å². The Kier molecular flexibility index (Phi) is 6.75. The number of halogens is 2. The van der Waals surface area contributed by atoms with E-state index in [-0.39, 0.29) is 30.9 Å². The van der Waals surface area contributed by atoms with Gasteiger partial charge in [0, 0.05) is 38.3 Å². The van der Waals surface area contributed by atoms with Gasteiger partial charge in [-0.3, -0.25) is 5.32 Å². The smallest absolute Gasteiger partial charge is 0.324 e. The van der Waals surface area contributed by atoms with Gasteiger partial charge in [0.15, 0.2) is 5.13 Å². The zero-order chi connectivity index (χ0) is 22.8. The highest BCUT2D eigenvalue weighted by atomic mass is 35.5.